The normalized spacial score (nSPS) is 11.7. The Morgan fingerprint density at radius 3 is 1.51 bits per heavy atom. The minimum Gasteiger partial charge on any atom is -0.456 e. The van der Waals surface area contributed by atoms with Crippen LogP contribution in [0.25, 0.3) is 99.5 Å². The number of hydrogen-bond donors (Lipinski definition) is 0. The van der Waals surface area contributed by atoms with Crippen LogP contribution in [-0.4, -0.2) is 15.0 Å². The van der Waals surface area contributed by atoms with Gasteiger partial charge >= 0.3 is 0 Å². The van der Waals surface area contributed by atoms with Crippen LogP contribution in [0.15, 0.2) is 168 Å². The van der Waals surface area contributed by atoms with Crippen molar-refractivity contribution in [1.82, 2.24) is 15.0 Å². The zero-order chi connectivity index (χ0) is 32.3. The van der Waals surface area contributed by atoms with Gasteiger partial charge in [-0.1, -0.05) is 133 Å². The zero-order valence-corrected chi connectivity index (χ0v) is 26.3. The summed E-state index contributed by atoms with van der Waals surface area (Å²) in [5.74, 6) is 1.83. The fourth-order valence-electron chi connectivity index (χ4n) is 7.06. The maximum Gasteiger partial charge on any atom is 0.164 e. The second-order valence-electron chi connectivity index (χ2n) is 12.5. The van der Waals surface area contributed by atoms with Crippen LogP contribution in [0.4, 0.5) is 0 Å². The third-order valence-corrected chi connectivity index (χ3v) is 9.46. The molecular formula is C45H27N3O. The molecule has 0 radical (unpaired) electrons. The van der Waals surface area contributed by atoms with Gasteiger partial charge in [0.05, 0.1) is 0 Å². The first-order chi connectivity index (χ1) is 24.2. The number of furan rings is 1. The molecular weight excluding hydrogens is 599 g/mol. The van der Waals surface area contributed by atoms with Crippen molar-refractivity contribution in [3.05, 3.63) is 164 Å². The van der Waals surface area contributed by atoms with Gasteiger partial charge in [0.15, 0.2) is 17.5 Å². The van der Waals surface area contributed by atoms with Crippen LogP contribution in [0.3, 0.4) is 0 Å². The van der Waals surface area contributed by atoms with Gasteiger partial charge in [-0.25, -0.2) is 15.0 Å². The lowest BCUT2D eigenvalue weighted by atomic mass is 9.95. The van der Waals surface area contributed by atoms with E-state index in [1.165, 1.54) is 21.5 Å². The fraction of sp³-hybridized carbons (Fsp3) is 0. The van der Waals surface area contributed by atoms with Crippen molar-refractivity contribution in [2.24, 2.45) is 0 Å². The van der Waals surface area contributed by atoms with E-state index in [0.29, 0.717) is 17.5 Å². The minimum atomic E-state index is 0.589. The maximum absolute atomic E-state index is 6.64. The van der Waals surface area contributed by atoms with Crippen LogP contribution in [0.1, 0.15) is 0 Å². The molecule has 0 unspecified atom stereocenters. The Morgan fingerprint density at radius 2 is 0.857 bits per heavy atom. The van der Waals surface area contributed by atoms with E-state index in [4.69, 9.17) is 19.4 Å². The summed E-state index contributed by atoms with van der Waals surface area (Å²) in [5, 5.41) is 9.16. The van der Waals surface area contributed by atoms with Crippen LogP contribution in [0.2, 0.25) is 0 Å². The van der Waals surface area contributed by atoms with Crippen LogP contribution >= 0.6 is 0 Å². The van der Waals surface area contributed by atoms with Crippen LogP contribution < -0.4 is 0 Å². The molecule has 0 aliphatic carbocycles. The number of aromatic nitrogens is 3. The van der Waals surface area contributed by atoms with Gasteiger partial charge in [-0.05, 0) is 73.8 Å². The predicted molar refractivity (Wildman–Crippen MR) is 201 cm³/mol. The first-order valence-electron chi connectivity index (χ1n) is 16.4. The molecule has 10 rings (SSSR count). The van der Waals surface area contributed by atoms with Gasteiger partial charge in [0, 0.05) is 27.5 Å². The molecule has 49 heavy (non-hydrogen) atoms. The molecule has 10 aromatic rings. The second kappa shape index (κ2) is 11.0. The summed E-state index contributed by atoms with van der Waals surface area (Å²) in [7, 11) is 0. The van der Waals surface area contributed by atoms with Crippen molar-refractivity contribution in [2.75, 3.05) is 0 Å². The lowest BCUT2D eigenvalue weighted by Gasteiger charge is -2.12. The molecule has 4 heteroatoms. The molecule has 0 aliphatic heterocycles. The molecule has 0 saturated carbocycles. The van der Waals surface area contributed by atoms with Crippen molar-refractivity contribution >= 4 is 54.3 Å². The third kappa shape index (κ3) is 4.65. The molecule has 0 saturated heterocycles. The Morgan fingerprint density at radius 1 is 0.327 bits per heavy atom. The highest BCUT2D eigenvalue weighted by Gasteiger charge is 2.20. The summed E-state index contributed by atoms with van der Waals surface area (Å²) in [6.07, 6.45) is 0. The number of hydrogen-bond acceptors (Lipinski definition) is 4. The number of fused-ring (bicyclic) bond motifs is 7. The standard InChI is InChI=1S/C45H27N3O/c1-2-12-30(13-3-1)38-26-36(27-40-42(38)41-37-17-9-8-14-31(37)22-23-39(41)49-40)45-47-43(34-20-18-28-10-4-6-15-32(28)24-34)46-44(48-45)35-21-19-29-11-5-7-16-33(29)25-35/h1-27H. The smallest absolute Gasteiger partial charge is 0.164 e. The molecule has 8 aromatic carbocycles. The van der Waals surface area contributed by atoms with Crippen molar-refractivity contribution in [1.29, 1.82) is 0 Å². The highest BCUT2D eigenvalue weighted by molar-refractivity contribution is 6.23. The number of nitrogens with zero attached hydrogens (tertiary/aromatic N) is 3. The molecule has 0 fully saturated rings. The van der Waals surface area contributed by atoms with Crippen LogP contribution in [0, 0.1) is 0 Å². The maximum atomic E-state index is 6.64. The molecule has 0 N–H and O–H groups in total. The molecule has 2 aromatic heterocycles. The Kier molecular flexibility index (Phi) is 6.15. The first-order valence-corrected chi connectivity index (χ1v) is 16.4. The van der Waals surface area contributed by atoms with E-state index in [2.05, 4.69) is 158 Å². The van der Waals surface area contributed by atoms with Gasteiger partial charge in [0.1, 0.15) is 11.2 Å². The van der Waals surface area contributed by atoms with Crippen molar-refractivity contribution in [3.63, 3.8) is 0 Å². The Labute approximate surface area is 282 Å². The summed E-state index contributed by atoms with van der Waals surface area (Å²) in [6.45, 7) is 0. The average Bonchev–Trinajstić information content (AvgIpc) is 3.56. The van der Waals surface area contributed by atoms with Crippen molar-refractivity contribution < 1.29 is 4.42 Å². The lowest BCUT2D eigenvalue weighted by Crippen LogP contribution is -2.00. The number of benzene rings is 8. The van der Waals surface area contributed by atoms with Gasteiger partial charge in [0.25, 0.3) is 0 Å². The molecule has 0 amide bonds. The second-order valence-corrected chi connectivity index (χ2v) is 12.5. The summed E-state index contributed by atoms with van der Waals surface area (Å²) in [6, 6.07) is 56.9. The largest absolute Gasteiger partial charge is 0.456 e. The van der Waals surface area contributed by atoms with Crippen LogP contribution in [0.5, 0.6) is 0 Å². The van der Waals surface area contributed by atoms with Crippen molar-refractivity contribution in [2.45, 2.75) is 0 Å². The summed E-state index contributed by atoms with van der Waals surface area (Å²) in [4.78, 5) is 15.4. The van der Waals surface area contributed by atoms with E-state index in [0.717, 1.165) is 60.5 Å². The summed E-state index contributed by atoms with van der Waals surface area (Å²) >= 11 is 0. The minimum absolute atomic E-state index is 0.589. The van der Waals surface area contributed by atoms with Gasteiger partial charge < -0.3 is 4.42 Å². The van der Waals surface area contributed by atoms with Gasteiger partial charge in [-0.15, -0.1) is 0 Å². The Balaban J connectivity index is 1.25. The topological polar surface area (TPSA) is 51.8 Å². The Hall–Kier alpha value is -6.65. The highest BCUT2D eigenvalue weighted by Crippen LogP contribution is 2.42. The van der Waals surface area contributed by atoms with E-state index in [1.807, 2.05) is 6.07 Å². The molecule has 0 aliphatic rings. The van der Waals surface area contributed by atoms with E-state index >= 15 is 0 Å². The Bertz CT molecular complexity index is 2790. The van der Waals surface area contributed by atoms with Crippen LogP contribution in [-0.2, 0) is 0 Å². The van der Waals surface area contributed by atoms with E-state index in [9.17, 15) is 0 Å². The zero-order valence-electron chi connectivity index (χ0n) is 26.3. The van der Waals surface area contributed by atoms with E-state index in [1.54, 1.807) is 0 Å². The summed E-state index contributed by atoms with van der Waals surface area (Å²) in [5.41, 5.74) is 6.55. The average molecular weight is 626 g/mol. The molecule has 0 atom stereocenters. The number of rotatable bonds is 4. The lowest BCUT2D eigenvalue weighted by molar-refractivity contribution is 0.669. The molecule has 4 nitrogen and oxygen atoms in total. The van der Waals surface area contributed by atoms with E-state index < -0.39 is 0 Å². The molecule has 0 bridgehead atoms. The SMILES string of the molecule is c1ccc(-c2cc(-c3nc(-c4ccc5ccccc5c4)nc(-c4ccc5ccccc5c4)n3)cc3oc4ccc5ccccc5c4c23)cc1. The summed E-state index contributed by atoms with van der Waals surface area (Å²) < 4.78 is 6.64. The first kappa shape index (κ1) is 27.5. The van der Waals surface area contributed by atoms with Gasteiger partial charge in [-0.2, -0.15) is 0 Å². The van der Waals surface area contributed by atoms with Gasteiger partial charge in [-0.3, -0.25) is 0 Å². The third-order valence-electron chi connectivity index (χ3n) is 9.46. The highest BCUT2D eigenvalue weighted by atomic mass is 16.3. The van der Waals surface area contributed by atoms with Gasteiger partial charge in [0.2, 0.25) is 0 Å². The quantitative estimate of drug-likeness (QED) is 0.195. The molecule has 228 valence electrons. The molecule has 0 spiro atoms. The van der Waals surface area contributed by atoms with E-state index in [-0.39, 0.29) is 0 Å². The predicted octanol–water partition coefficient (Wildman–Crippen LogP) is 11.9. The molecule has 2 heterocycles. The monoisotopic (exact) mass is 625 g/mol. The fourth-order valence-corrected chi connectivity index (χ4v) is 7.06. The van der Waals surface area contributed by atoms with Crippen molar-refractivity contribution in [3.8, 4) is 45.3 Å².